The number of nitrogens with zero attached hydrogens (tertiary/aromatic N) is 2. The van der Waals surface area contributed by atoms with Gasteiger partial charge in [0.2, 0.25) is 0 Å². The van der Waals surface area contributed by atoms with Crippen LogP contribution in [-0.4, -0.2) is 47.3 Å². The number of aryl methyl sites for hydroxylation is 2. The molecule has 0 spiro atoms. The molecule has 9 nitrogen and oxygen atoms in total. The van der Waals surface area contributed by atoms with Crippen LogP contribution in [-0.2, 0) is 50.7 Å². The quantitative estimate of drug-likeness (QED) is 0.483. The van der Waals surface area contributed by atoms with Crippen molar-refractivity contribution in [2.45, 2.75) is 55.3 Å². The largest absolute Gasteiger partial charge is 0.382 e. The fraction of sp³-hybridized carbons (Fsp3) is 0.545. The SMILES string of the molecule is COCCOC[C@@](C)(O)c1ncc([S@](N)(=O)=NC(=O)Nc2c3c(cc4c2CCC4)CCC3)s1. The van der Waals surface area contributed by atoms with Crippen molar-refractivity contribution in [3.05, 3.63) is 39.5 Å². The zero-order valence-corrected chi connectivity index (χ0v) is 20.5. The smallest absolute Gasteiger partial charge is 0.354 e. The van der Waals surface area contributed by atoms with Crippen molar-refractivity contribution in [1.82, 2.24) is 4.98 Å². The number of carbonyl (C=O) groups is 1. The Kier molecular flexibility index (Phi) is 7.18. The van der Waals surface area contributed by atoms with Gasteiger partial charge in [-0.05, 0) is 67.7 Å². The van der Waals surface area contributed by atoms with Crippen molar-refractivity contribution < 1.29 is 23.6 Å². The lowest BCUT2D eigenvalue weighted by molar-refractivity contribution is -0.0479. The summed E-state index contributed by atoms with van der Waals surface area (Å²) in [5.74, 6) is 0. The lowest BCUT2D eigenvalue weighted by Gasteiger charge is -2.20. The molecule has 0 radical (unpaired) electrons. The number of rotatable bonds is 8. The number of methoxy groups -OCH3 is 1. The minimum absolute atomic E-state index is 0.0169. The van der Waals surface area contributed by atoms with Gasteiger partial charge < -0.3 is 19.9 Å². The number of urea groups is 1. The predicted octanol–water partition coefficient (Wildman–Crippen LogP) is 2.92. The monoisotopic (exact) mass is 494 g/mol. The summed E-state index contributed by atoms with van der Waals surface area (Å²) < 4.78 is 27.3. The van der Waals surface area contributed by atoms with Gasteiger partial charge in [-0.25, -0.2) is 19.1 Å². The number of hydrogen-bond acceptors (Lipinski definition) is 7. The number of ether oxygens (including phenoxy) is 2. The Morgan fingerprint density at radius 2 is 1.94 bits per heavy atom. The maximum Gasteiger partial charge on any atom is 0.354 e. The molecule has 1 aromatic carbocycles. The van der Waals surface area contributed by atoms with E-state index in [4.69, 9.17) is 14.6 Å². The molecule has 1 heterocycles. The van der Waals surface area contributed by atoms with E-state index in [1.165, 1.54) is 17.3 Å². The van der Waals surface area contributed by atoms with Gasteiger partial charge in [0.05, 0.1) is 26.0 Å². The molecule has 1 aromatic heterocycles. The Morgan fingerprint density at radius 3 is 2.58 bits per heavy atom. The number of nitrogens with two attached hydrogens (primary N) is 1. The van der Waals surface area contributed by atoms with E-state index < -0.39 is 21.5 Å². The first-order chi connectivity index (χ1) is 15.7. The molecular formula is C22H30N4O5S2. The number of carbonyl (C=O) groups excluding carboxylic acids is 1. The third-order valence-electron chi connectivity index (χ3n) is 5.97. The first kappa shape index (κ1) is 24.2. The molecular weight excluding hydrogens is 464 g/mol. The Labute approximate surface area is 198 Å². The summed E-state index contributed by atoms with van der Waals surface area (Å²) in [5, 5.41) is 19.8. The third-order valence-corrected chi connectivity index (χ3v) is 9.10. The van der Waals surface area contributed by atoms with Crippen LogP contribution < -0.4 is 10.5 Å². The highest BCUT2D eigenvalue weighted by Gasteiger charge is 2.29. The summed E-state index contributed by atoms with van der Waals surface area (Å²) in [4.78, 5) is 16.9. The van der Waals surface area contributed by atoms with Gasteiger partial charge in [-0.1, -0.05) is 6.07 Å². The second kappa shape index (κ2) is 9.77. The Morgan fingerprint density at radius 1 is 1.27 bits per heavy atom. The van der Waals surface area contributed by atoms with Gasteiger partial charge in [0.1, 0.15) is 14.8 Å². The molecule has 33 heavy (non-hydrogen) atoms. The van der Waals surface area contributed by atoms with Gasteiger partial charge in [-0.15, -0.1) is 15.7 Å². The van der Waals surface area contributed by atoms with Gasteiger partial charge in [0, 0.05) is 12.8 Å². The fourth-order valence-corrected chi connectivity index (χ4v) is 6.48. The number of benzene rings is 1. The molecule has 2 atom stereocenters. The lowest BCUT2D eigenvalue weighted by atomic mass is 9.99. The summed E-state index contributed by atoms with van der Waals surface area (Å²) >= 11 is 0.952. The lowest BCUT2D eigenvalue weighted by Crippen LogP contribution is -2.28. The first-order valence-electron chi connectivity index (χ1n) is 11.0. The third kappa shape index (κ3) is 5.28. The van der Waals surface area contributed by atoms with E-state index >= 15 is 0 Å². The molecule has 0 saturated heterocycles. The molecule has 0 aliphatic heterocycles. The van der Waals surface area contributed by atoms with Crippen molar-refractivity contribution >= 4 is 33.0 Å². The van der Waals surface area contributed by atoms with Crippen LogP contribution in [0.2, 0.25) is 0 Å². The number of nitrogens with one attached hydrogen (secondary N) is 1. The van der Waals surface area contributed by atoms with Crippen LogP contribution in [0.3, 0.4) is 0 Å². The highest BCUT2D eigenvalue weighted by Crippen LogP contribution is 2.38. The molecule has 4 N–H and O–H groups in total. The van der Waals surface area contributed by atoms with Crippen LogP contribution in [0.4, 0.5) is 10.5 Å². The van der Waals surface area contributed by atoms with Gasteiger partial charge in [-0.3, -0.25) is 0 Å². The second-order valence-corrected chi connectivity index (χ2v) is 11.7. The summed E-state index contributed by atoms with van der Waals surface area (Å²) in [5.41, 5.74) is 4.30. The Balaban J connectivity index is 1.52. The van der Waals surface area contributed by atoms with Crippen molar-refractivity contribution in [3.63, 3.8) is 0 Å². The number of thiazole rings is 1. The highest BCUT2D eigenvalue weighted by atomic mass is 32.2. The average Bonchev–Trinajstić information content (AvgIpc) is 3.50. The van der Waals surface area contributed by atoms with E-state index in [0.29, 0.717) is 13.2 Å². The molecule has 180 valence electrons. The van der Waals surface area contributed by atoms with Crippen molar-refractivity contribution in [2.75, 3.05) is 32.2 Å². The number of amides is 2. The van der Waals surface area contributed by atoms with Gasteiger partial charge in [0.15, 0.2) is 9.92 Å². The molecule has 0 unspecified atom stereocenters. The van der Waals surface area contributed by atoms with E-state index in [1.54, 1.807) is 14.0 Å². The topological polar surface area (TPSA) is 136 Å². The van der Waals surface area contributed by atoms with E-state index in [-0.39, 0.29) is 15.8 Å². The van der Waals surface area contributed by atoms with Crippen LogP contribution in [0.5, 0.6) is 0 Å². The molecule has 2 aliphatic carbocycles. The second-order valence-electron chi connectivity index (χ2n) is 8.63. The van der Waals surface area contributed by atoms with Gasteiger partial charge >= 0.3 is 6.03 Å². The predicted molar refractivity (Wildman–Crippen MR) is 127 cm³/mol. The number of aliphatic hydroxyl groups is 1. The van der Waals surface area contributed by atoms with Gasteiger partial charge in [0.25, 0.3) is 0 Å². The van der Waals surface area contributed by atoms with Crippen LogP contribution in [0.1, 0.15) is 47.0 Å². The van der Waals surface area contributed by atoms with Crippen LogP contribution in [0.15, 0.2) is 20.8 Å². The summed E-state index contributed by atoms with van der Waals surface area (Å²) in [7, 11) is -1.97. The zero-order chi connectivity index (χ0) is 23.6. The summed E-state index contributed by atoms with van der Waals surface area (Å²) in [6.45, 7) is 2.25. The molecule has 2 aromatic rings. The molecule has 2 amide bonds. The Hall–Kier alpha value is -1.89. The normalized spacial score (nSPS) is 18.3. The molecule has 11 heteroatoms. The average molecular weight is 495 g/mol. The van der Waals surface area contributed by atoms with Gasteiger partial charge in [-0.2, -0.15) is 0 Å². The van der Waals surface area contributed by atoms with E-state index in [2.05, 4.69) is 20.7 Å². The maximum absolute atomic E-state index is 13.1. The van der Waals surface area contributed by atoms with E-state index in [0.717, 1.165) is 66.7 Å². The standard InChI is InChI=1S/C22H30N4O5S2/c1-22(28,13-31-10-9-30-2)20-24-12-18(32-20)33(23,29)26-21(27)25-19-16-7-3-5-14(16)11-15-6-4-8-17(15)19/h11-12,28H,3-10,13H2,1-2H3,(H3,23,25,26,27,29)/t22-,33-/m1/s1. The van der Waals surface area contributed by atoms with Crippen molar-refractivity contribution in [3.8, 4) is 0 Å². The molecule has 0 bridgehead atoms. The molecule has 0 fully saturated rings. The zero-order valence-electron chi connectivity index (χ0n) is 18.9. The number of aromatic nitrogens is 1. The molecule has 4 rings (SSSR count). The van der Waals surface area contributed by atoms with E-state index in [1.807, 2.05) is 0 Å². The van der Waals surface area contributed by atoms with Crippen molar-refractivity contribution in [2.24, 2.45) is 9.50 Å². The molecule has 2 aliphatic rings. The van der Waals surface area contributed by atoms with Crippen molar-refractivity contribution in [1.29, 1.82) is 0 Å². The van der Waals surface area contributed by atoms with Crippen LogP contribution >= 0.6 is 11.3 Å². The first-order valence-corrected chi connectivity index (χ1v) is 13.4. The fourth-order valence-electron chi connectivity index (χ4n) is 4.38. The highest BCUT2D eigenvalue weighted by molar-refractivity contribution is 7.93. The molecule has 0 saturated carbocycles. The van der Waals surface area contributed by atoms with E-state index in [9.17, 15) is 14.1 Å². The minimum atomic E-state index is -3.53. The van der Waals surface area contributed by atoms with Crippen LogP contribution in [0.25, 0.3) is 0 Å². The minimum Gasteiger partial charge on any atom is -0.382 e. The Bertz CT molecular complexity index is 1140. The number of fused-ring (bicyclic) bond motifs is 2. The maximum atomic E-state index is 13.1. The summed E-state index contributed by atoms with van der Waals surface area (Å²) in [6, 6.07) is 1.54. The number of anilines is 1. The summed E-state index contributed by atoms with van der Waals surface area (Å²) in [6.07, 6.45) is 7.26. The van der Waals surface area contributed by atoms with Crippen LogP contribution in [0, 0.1) is 0 Å². The number of hydrogen-bond donors (Lipinski definition) is 3.